The number of carbonyl (C=O) groups excluding carboxylic acids is 2. The van der Waals surface area contributed by atoms with E-state index in [0.29, 0.717) is 32.2 Å². The van der Waals surface area contributed by atoms with Crippen molar-refractivity contribution in [1.29, 1.82) is 0 Å². The number of likely N-dealkylation sites (tertiary alicyclic amines) is 1. The third-order valence-electron chi connectivity index (χ3n) is 7.60. The Labute approximate surface area is 171 Å². The molecule has 0 spiro atoms. The highest BCUT2D eigenvalue weighted by Gasteiger charge is 2.64. The average Bonchev–Trinajstić information content (AvgIpc) is 2.70. The minimum absolute atomic E-state index is 0.0389. The number of urea groups is 1. The topological polar surface area (TPSA) is 93.1 Å². The minimum Gasteiger partial charge on any atom is -0.508 e. The quantitative estimate of drug-likeness (QED) is 0.669. The summed E-state index contributed by atoms with van der Waals surface area (Å²) in [5, 5.41) is 25.3. The zero-order valence-corrected chi connectivity index (χ0v) is 17.2. The maximum absolute atomic E-state index is 12.5. The van der Waals surface area contributed by atoms with E-state index >= 15 is 0 Å². The number of aliphatic hydroxyl groups is 1. The Kier molecular flexibility index (Phi) is 5.07. The number of amides is 3. The van der Waals surface area contributed by atoms with Crippen molar-refractivity contribution < 1.29 is 19.8 Å². The monoisotopic (exact) mass is 401 g/mol. The lowest BCUT2D eigenvalue weighted by Crippen LogP contribution is -2.74. The third-order valence-corrected chi connectivity index (χ3v) is 7.60. The zero-order valence-electron chi connectivity index (χ0n) is 17.2. The van der Waals surface area contributed by atoms with E-state index in [1.807, 2.05) is 12.1 Å². The van der Waals surface area contributed by atoms with Crippen molar-refractivity contribution in [2.75, 3.05) is 19.6 Å². The molecule has 0 aromatic heterocycles. The lowest BCUT2D eigenvalue weighted by molar-refractivity contribution is -0.168. The fraction of sp³-hybridized carbons (Fsp3) is 0.636. The van der Waals surface area contributed by atoms with E-state index in [-0.39, 0.29) is 23.9 Å². The molecule has 3 aliphatic rings. The van der Waals surface area contributed by atoms with E-state index in [1.54, 1.807) is 13.0 Å². The van der Waals surface area contributed by atoms with Gasteiger partial charge in [-0.3, -0.25) is 14.6 Å². The Hall–Kier alpha value is -2.12. The summed E-state index contributed by atoms with van der Waals surface area (Å²) in [5.41, 5.74) is 0.794. The molecule has 1 aromatic rings. The molecule has 1 saturated carbocycles. The first kappa shape index (κ1) is 20.2. The summed E-state index contributed by atoms with van der Waals surface area (Å²) in [6.07, 6.45) is 3.96. The molecule has 2 aliphatic carbocycles. The van der Waals surface area contributed by atoms with Crippen LogP contribution >= 0.6 is 0 Å². The van der Waals surface area contributed by atoms with Gasteiger partial charge in [0, 0.05) is 24.0 Å². The Balaban J connectivity index is 1.72. The van der Waals surface area contributed by atoms with Gasteiger partial charge in [-0.05, 0) is 75.4 Å². The molecule has 1 saturated heterocycles. The molecular formula is C22H31N3O4. The van der Waals surface area contributed by atoms with Crippen LogP contribution in [0.25, 0.3) is 0 Å². The number of phenolic OH excluding ortho intramolecular Hbond substituents is 1. The highest BCUT2D eigenvalue weighted by molar-refractivity contribution is 5.84. The van der Waals surface area contributed by atoms with Gasteiger partial charge in [0.25, 0.3) is 0 Å². The van der Waals surface area contributed by atoms with Crippen LogP contribution in [0.2, 0.25) is 0 Å². The molecular weight excluding hydrogens is 370 g/mol. The number of nitrogens with zero attached hydrogens (tertiary/aromatic N) is 2. The average molecular weight is 402 g/mol. The number of imide groups is 1. The molecule has 158 valence electrons. The predicted molar refractivity (Wildman–Crippen MR) is 109 cm³/mol. The number of phenols is 1. The van der Waals surface area contributed by atoms with Gasteiger partial charge in [0.05, 0.1) is 5.60 Å². The molecule has 3 amide bonds. The largest absolute Gasteiger partial charge is 0.508 e. The van der Waals surface area contributed by atoms with Crippen LogP contribution in [-0.2, 0) is 16.6 Å². The highest BCUT2D eigenvalue weighted by Crippen LogP contribution is 2.58. The second-order valence-electron chi connectivity index (χ2n) is 8.73. The molecule has 29 heavy (non-hydrogen) atoms. The SMILES string of the molecule is CCN(C=O)C(=O)N[C@H]1CC[C@@]2(O)[C@H]3Cc4ccc(O)cc4[C@@]2(CCN3CC)C1. The second-order valence-corrected chi connectivity index (χ2v) is 8.73. The number of piperidine rings is 1. The van der Waals surface area contributed by atoms with Crippen LogP contribution in [0.4, 0.5) is 4.79 Å². The number of fused-ring (bicyclic) bond motifs is 1. The van der Waals surface area contributed by atoms with Crippen molar-refractivity contribution in [1.82, 2.24) is 15.1 Å². The van der Waals surface area contributed by atoms with Gasteiger partial charge in [0.15, 0.2) is 0 Å². The van der Waals surface area contributed by atoms with Crippen LogP contribution in [-0.4, -0.2) is 69.8 Å². The van der Waals surface area contributed by atoms with Crippen LogP contribution in [0.1, 0.15) is 50.7 Å². The molecule has 3 N–H and O–H groups in total. The molecule has 1 aromatic carbocycles. The Morgan fingerprint density at radius 1 is 1.38 bits per heavy atom. The Morgan fingerprint density at radius 2 is 2.17 bits per heavy atom. The maximum atomic E-state index is 12.5. The second kappa shape index (κ2) is 7.29. The smallest absolute Gasteiger partial charge is 0.324 e. The number of nitrogens with one attached hydrogen (secondary N) is 1. The van der Waals surface area contributed by atoms with Crippen LogP contribution in [0.3, 0.4) is 0 Å². The predicted octanol–water partition coefficient (Wildman–Crippen LogP) is 1.75. The van der Waals surface area contributed by atoms with E-state index in [1.165, 1.54) is 5.56 Å². The molecule has 7 nitrogen and oxygen atoms in total. The normalized spacial score (nSPS) is 33.3. The van der Waals surface area contributed by atoms with Crippen molar-refractivity contribution in [3.8, 4) is 5.75 Å². The van der Waals surface area contributed by atoms with Crippen LogP contribution in [0.15, 0.2) is 18.2 Å². The van der Waals surface area contributed by atoms with Crippen LogP contribution < -0.4 is 5.32 Å². The molecule has 0 unspecified atom stereocenters. The van der Waals surface area contributed by atoms with Gasteiger partial charge in [-0.15, -0.1) is 0 Å². The summed E-state index contributed by atoms with van der Waals surface area (Å²) in [7, 11) is 0. The third kappa shape index (κ3) is 2.94. The first-order chi connectivity index (χ1) is 13.9. The van der Waals surface area contributed by atoms with E-state index in [9.17, 15) is 19.8 Å². The summed E-state index contributed by atoms with van der Waals surface area (Å²) in [5.74, 6) is 0.209. The van der Waals surface area contributed by atoms with Gasteiger partial charge in [-0.25, -0.2) is 4.79 Å². The van der Waals surface area contributed by atoms with Gasteiger partial charge in [0.1, 0.15) is 5.75 Å². The maximum Gasteiger partial charge on any atom is 0.324 e. The van der Waals surface area contributed by atoms with E-state index in [2.05, 4.69) is 17.1 Å². The van der Waals surface area contributed by atoms with Gasteiger partial charge in [0.2, 0.25) is 6.41 Å². The Morgan fingerprint density at radius 3 is 2.86 bits per heavy atom. The van der Waals surface area contributed by atoms with Gasteiger partial charge in [-0.1, -0.05) is 13.0 Å². The molecule has 7 heteroatoms. The molecule has 0 radical (unpaired) electrons. The molecule has 2 fully saturated rings. The van der Waals surface area contributed by atoms with Crippen molar-refractivity contribution >= 4 is 12.4 Å². The van der Waals surface area contributed by atoms with Crippen LogP contribution in [0, 0.1) is 0 Å². The van der Waals surface area contributed by atoms with Gasteiger partial charge < -0.3 is 15.5 Å². The summed E-state index contributed by atoms with van der Waals surface area (Å²) in [6.45, 7) is 5.99. The van der Waals surface area contributed by atoms with Crippen molar-refractivity contribution in [2.24, 2.45) is 0 Å². The number of likely N-dealkylation sites (N-methyl/N-ethyl adjacent to an activating group) is 1. The lowest BCUT2D eigenvalue weighted by atomic mass is 9.49. The fourth-order valence-corrected chi connectivity index (χ4v) is 6.13. The lowest BCUT2D eigenvalue weighted by Gasteiger charge is -2.64. The standard InChI is InChI=1S/C22H31N3O4/c1-3-24-10-9-21-13-16(23-20(28)25(4-2)14-26)7-8-22(21,29)19(24)11-15-5-6-17(27)12-18(15)21/h5-6,12,14,16,19,27,29H,3-4,7-11,13H2,1-2H3,(H,23,28)/t16-,19+,21+,22+/m0/s1. The van der Waals surface area contributed by atoms with Gasteiger partial charge >= 0.3 is 6.03 Å². The first-order valence-corrected chi connectivity index (χ1v) is 10.7. The number of benzene rings is 1. The summed E-state index contributed by atoms with van der Waals surface area (Å²) >= 11 is 0. The number of hydrogen-bond donors (Lipinski definition) is 3. The fourth-order valence-electron chi connectivity index (χ4n) is 6.13. The summed E-state index contributed by atoms with van der Waals surface area (Å²) < 4.78 is 0. The highest BCUT2D eigenvalue weighted by atomic mass is 16.3. The molecule has 2 bridgehead atoms. The molecule has 4 atom stereocenters. The van der Waals surface area contributed by atoms with Gasteiger partial charge in [-0.2, -0.15) is 0 Å². The minimum atomic E-state index is -0.890. The zero-order chi connectivity index (χ0) is 20.8. The van der Waals surface area contributed by atoms with Crippen molar-refractivity contribution in [3.63, 3.8) is 0 Å². The number of aromatic hydroxyl groups is 1. The molecule has 1 aliphatic heterocycles. The summed E-state index contributed by atoms with van der Waals surface area (Å²) in [6, 6.07) is 5.04. The van der Waals surface area contributed by atoms with E-state index in [4.69, 9.17) is 0 Å². The van der Waals surface area contributed by atoms with E-state index < -0.39 is 11.0 Å². The summed E-state index contributed by atoms with van der Waals surface area (Å²) in [4.78, 5) is 27.1. The van der Waals surface area contributed by atoms with Crippen LogP contribution in [0.5, 0.6) is 5.75 Å². The molecule has 1 heterocycles. The van der Waals surface area contributed by atoms with Crippen molar-refractivity contribution in [3.05, 3.63) is 29.3 Å². The Bertz CT molecular complexity index is 815. The number of hydrogen-bond acceptors (Lipinski definition) is 5. The number of carbonyl (C=O) groups is 2. The van der Waals surface area contributed by atoms with E-state index in [0.717, 1.165) is 36.4 Å². The first-order valence-electron chi connectivity index (χ1n) is 10.7. The number of rotatable bonds is 4. The van der Waals surface area contributed by atoms with Crippen molar-refractivity contribution in [2.45, 2.75) is 69.1 Å². The molecule has 4 rings (SSSR count).